The summed E-state index contributed by atoms with van der Waals surface area (Å²) in [5.74, 6) is 1.47. The van der Waals surface area contributed by atoms with E-state index in [1.54, 1.807) is 11.6 Å². The zero-order valence-electron chi connectivity index (χ0n) is 9.67. The monoisotopic (exact) mass is 303 g/mol. The van der Waals surface area contributed by atoms with E-state index in [1.807, 2.05) is 42.6 Å². The van der Waals surface area contributed by atoms with Gasteiger partial charge in [-0.3, -0.25) is 0 Å². The van der Waals surface area contributed by atoms with Crippen LogP contribution in [0, 0.1) is 0 Å². The maximum atomic E-state index is 5.17. The second-order valence-electron chi connectivity index (χ2n) is 3.82. The molecular weight excluding hydrogens is 294 g/mol. The Bertz CT molecular complexity index is 708. The molecule has 0 radical (unpaired) electrons. The molecule has 1 aromatic carbocycles. The fourth-order valence-electron chi connectivity index (χ4n) is 1.74. The lowest BCUT2D eigenvalue weighted by molar-refractivity contribution is 0.414. The van der Waals surface area contributed by atoms with Gasteiger partial charge >= 0.3 is 0 Å². The molecule has 0 amide bonds. The molecule has 90 valence electrons. The van der Waals surface area contributed by atoms with Gasteiger partial charge < -0.3 is 4.74 Å². The molecule has 4 nitrogen and oxygen atoms in total. The van der Waals surface area contributed by atoms with Crippen LogP contribution in [-0.2, 0) is 0 Å². The predicted molar refractivity (Wildman–Crippen MR) is 72.7 cm³/mol. The third-order valence-corrected chi connectivity index (χ3v) is 3.12. The largest absolute Gasteiger partial charge is 0.497 e. The lowest BCUT2D eigenvalue weighted by Crippen LogP contribution is -1.88. The number of aromatic nitrogens is 3. The molecule has 0 atom stereocenters. The van der Waals surface area contributed by atoms with Crippen molar-refractivity contribution in [2.75, 3.05) is 7.11 Å². The van der Waals surface area contributed by atoms with Crippen LogP contribution in [-0.4, -0.2) is 21.7 Å². The molecule has 0 N–H and O–H groups in total. The van der Waals surface area contributed by atoms with E-state index < -0.39 is 0 Å². The summed E-state index contributed by atoms with van der Waals surface area (Å²) < 4.78 is 7.91. The summed E-state index contributed by atoms with van der Waals surface area (Å²) in [4.78, 5) is 4.48. The van der Waals surface area contributed by atoms with Crippen molar-refractivity contribution in [1.82, 2.24) is 14.6 Å². The smallest absolute Gasteiger partial charge is 0.182 e. The van der Waals surface area contributed by atoms with E-state index in [4.69, 9.17) is 4.74 Å². The average molecular weight is 304 g/mol. The van der Waals surface area contributed by atoms with E-state index in [9.17, 15) is 0 Å². The highest BCUT2D eigenvalue weighted by molar-refractivity contribution is 9.10. The van der Waals surface area contributed by atoms with Crippen molar-refractivity contribution in [1.29, 1.82) is 0 Å². The number of ether oxygens (including phenoxy) is 1. The Morgan fingerprint density at radius 3 is 2.89 bits per heavy atom. The highest BCUT2D eigenvalue weighted by atomic mass is 79.9. The van der Waals surface area contributed by atoms with Crippen LogP contribution in [0.1, 0.15) is 0 Å². The number of methoxy groups -OCH3 is 1. The van der Waals surface area contributed by atoms with Crippen molar-refractivity contribution in [2.24, 2.45) is 0 Å². The quantitative estimate of drug-likeness (QED) is 0.730. The lowest BCUT2D eigenvalue weighted by atomic mass is 10.2. The maximum absolute atomic E-state index is 5.17. The van der Waals surface area contributed by atoms with Crippen LogP contribution in [0.4, 0.5) is 0 Å². The molecule has 5 heteroatoms. The van der Waals surface area contributed by atoms with E-state index in [2.05, 4.69) is 26.0 Å². The highest BCUT2D eigenvalue weighted by Gasteiger charge is 2.07. The Morgan fingerprint density at radius 2 is 2.11 bits per heavy atom. The van der Waals surface area contributed by atoms with Gasteiger partial charge in [-0.15, -0.1) is 5.10 Å². The van der Waals surface area contributed by atoms with Gasteiger partial charge in [0.25, 0.3) is 0 Å². The molecule has 0 saturated carbocycles. The SMILES string of the molecule is COc1ccn2nc(-c3cccc(Br)c3)nc2c1. The number of halogens is 1. The van der Waals surface area contributed by atoms with Gasteiger partial charge in [-0.25, -0.2) is 9.50 Å². The first-order valence-corrected chi connectivity index (χ1v) is 6.22. The molecule has 0 saturated heterocycles. The summed E-state index contributed by atoms with van der Waals surface area (Å²) >= 11 is 3.44. The van der Waals surface area contributed by atoms with Gasteiger partial charge in [0.2, 0.25) is 0 Å². The van der Waals surface area contributed by atoms with E-state index >= 15 is 0 Å². The number of hydrogen-bond acceptors (Lipinski definition) is 3. The summed E-state index contributed by atoms with van der Waals surface area (Å²) in [6.07, 6.45) is 1.84. The summed E-state index contributed by atoms with van der Waals surface area (Å²) in [6, 6.07) is 11.6. The van der Waals surface area contributed by atoms with Crippen LogP contribution < -0.4 is 4.74 Å². The maximum Gasteiger partial charge on any atom is 0.182 e. The number of fused-ring (bicyclic) bond motifs is 1. The van der Waals surface area contributed by atoms with E-state index in [1.165, 1.54) is 0 Å². The van der Waals surface area contributed by atoms with Crippen molar-refractivity contribution >= 4 is 21.6 Å². The van der Waals surface area contributed by atoms with Crippen LogP contribution in [0.25, 0.3) is 17.0 Å². The van der Waals surface area contributed by atoms with Crippen molar-refractivity contribution in [3.05, 3.63) is 47.1 Å². The van der Waals surface area contributed by atoms with Crippen LogP contribution in [0.5, 0.6) is 5.75 Å². The van der Waals surface area contributed by atoms with Crippen molar-refractivity contribution < 1.29 is 4.74 Å². The van der Waals surface area contributed by atoms with E-state index in [-0.39, 0.29) is 0 Å². The number of rotatable bonds is 2. The molecule has 3 aromatic rings. The number of benzene rings is 1. The zero-order chi connectivity index (χ0) is 12.5. The van der Waals surface area contributed by atoms with Crippen LogP contribution in [0.15, 0.2) is 47.1 Å². The molecule has 18 heavy (non-hydrogen) atoms. The Morgan fingerprint density at radius 1 is 1.22 bits per heavy atom. The molecule has 3 rings (SSSR count). The molecule has 0 fully saturated rings. The number of pyridine rings is 1. The summed E-state index contributed by atoms with van der Waals surface area (Å²) in [5, 5.41) is 4.43. The molecular formula is C13H10BrN3O. The molecule has 0 unspecified atom stereocenters. The molecule has 0 aliphatic rings. The van der Waals surface area contributed by atoms with Gasteiger partial charge in [0.1, 0.15) is 5.75 Å². The lowest BCUT2D eigenvalue weighted by Gasteiger charge is -1.97. The number of hydrogen-bond donors (Lipinski definition) is 0. The first-order chi connectivity index (χ1) is 8.76. The fraction of sp³-hybridized carbons (Fsp3) is 0.0769. The van der Waals surface area contributed by atoms with Crippen molar-refractivity contribution in [3.63, 3.8) is 0 Å². The Labute approximate surface area is 112 Å². The van der Waals surface area contributed by atoms with Crippen LogP contribution >= 0.6 is 15.9 Å². The summed E-state index contributed by atoms with van der Waals surface area (Å²) in [6.45, 7) is 0. The second kappa shape index (κ2) is 4.42. The first kappa shape index (κ1) is 11.2. The Kier molecular flexibility index (Phi) is 2.76. The minimum atomic E-state index is 0.699. The molecule has 0 bridgehead atoms. The summed E-state index contributed by atoms with van der Waals surface area (Å²) in [5.41, 5.74) is 1.75. The van der Waals surface area contributed by atoms with E-state index in [0.717, 1.165) is 21.4 Å². The molecule has 2 heterocycles. The molecule has 2 aromatic heterocycles. The molecule has 0 spiro atoms. The predicted octanol–water partition coefficient (Wildman–Crippen LogP) is 3.17. The van der Waals surface area contributed by atoms with Crippen molar-refractivity contribution in [3.8, 4) is 17.1 Å². The van der Waals surface area contributed by atoms with Gasteiger partial charge in [-0.2, -0.15) is 0 Å². The minimum Gasteiger partial charge on any atom is -0.497 e. The van der Waals surface area contributed by atoms with Gasteiger partial charge in [0.15, 0.2) is 11.5 Å². The average Bonchev–Trinajstić information content (AvgIpc) is 2.81. The zero-order valence-corrected chi connectivity index (χ0v) is 11.3. The van der Waals surface area contributed by atoms with Crippen molar-refractivity contribution in [2.45, 2.75) is 0 Å². The summed E-state index contributed by atoms with van der Waals surface area (Å²) in [7, 11) is 1.64. The van der Waals surface area contributed by atoms with Crippen LogP contribution in [0.3, 0.4) is 0 Å². The minimum absolute atomic E-state index is 0.699. The van der Waals surface area contributed by atoms with Gasteiger partial charge in [-0.1, -0.05) is 28.1 Å². The first-order valence-electron chi connectivity index (χ1n) is 5.42. The molecule has 0 aliphatic heterocycles. The third kappa shape index (κ3) is 1.97. The normalized spacial score (nSPS) is 10.8. The van der Waals surface area contributed by atoms with Crippen LogP contribution in [0.2, 0.25) is 0 Å². The topological polar surface area (TPSA) is 39.4 Å². The number of nitrogens with zero attached hydrogens (tertiary/aromatic N) is 3. The Balaban J connectivity index is 2.13. The standard InChI is InChI=1S/C13H10BrN3O/c1-18-11-5-6-17-12(8-11)15-13(16-17)9-3-2-4-10(14)7-9/h2-8H,1H3. The van der Waals surface area contributed by atoms with Gasteiger partial charge in [0.05, 0.1) is 7.11 Å². The fourth-order valence-corrected chi connectivity index (χ4v) is 2.14. The van der Waals surface area contributed by atoms with Gasteiger partial charge in [-0.05, 0) is 18.2 Å². The highest BCUT2D eigenvalue weighted by Crippen LogP contribution is 2.21. The second-order valence-corrected chi connectivity index (χ2v) is 4.73. The van der Waals surface area contributed by atoms with E-state index in [0.29, 0.717) is 5.82 Å². The molecule has 0 aliphatic carbocycles. The third-order valence-electron chi connectivity index (χ3n) is 2.63. The van der Waals surface area contributed by atoms with Gasteiger partial charge in [0, 0.05) is 22.3 Å². The Hall–Kier alpha value is -1.88.